The third kappa shape index (κ3) is 5.99. The van der Waals surface area contributed by atoms with Gasteiger partial charge in [-0.1, -0.05) is 32.6 Å². The van der Waals surface area contributed by atoms with E-state index in [1.54, 1.807) is 0 Å². The van der Waals surface area contributed by atoms with Gasteiger partial charge in [-0.25, -0.2) is 0 Å². The van der Waals surface area contributed by atoms with Gasteiger partial charge < -0.3 is 5.32 Å². The molecule has 1 rings (SSSR count). The molecule has 0 saturated heterocycles. The number of halogens is 3. The number of alkyl halides is 3. The molecule has 19 heavy (non-hydrogen) atoms. The summed E-state index contributed by atoms with van der Waals surface area (Å²) in [4.78, 5) is 0. The van der Waals surface area contributed by atoms with Gasteiger partial charge in [0.15, 0.2) is 0 Å². The zero-order valence-electron chi connectivity index (χ0n) is 11.6. The summed E-state index contributed by atoms with van der Waals surface area (Å²) in [5, 5.41) is 3.23. The van der Waals surface area contributed by atoms with Crippen LogP contribution in [0.4, 0.5) is 18.9 Å². The first-order valence-corrected chi connectivity index (χ1v) is 6.87. The molecule has 0 amide bonds. The largest absolute Gasteiger partial charge is 0.416 e. The molecule has 0 radical (unpaired) electrons. The maximum Gasteiger partial charge on any atom is 0.416 e. The standard InChI is InChI=1S/C15H22F3N/c1-3-4-5-6-7-12(2)19-14-10-8-13(9-11-14)15(16,17)18/h8-12,19H,3-7H2,1-2H3. The molecule has 108 valence electrons. The Balaban J connectivity index is 2.40. The van der Waals surface area contributed by atoms with Crippen molar-refractivity contribution in [2.75, 3.05) is 5.32 Å². The van der Waals surface area contributed by atoms with Crippen molar-refractivity contribution < 1.29 is 13.2 Å². The molecule has 0 aliphatic heterocycles. The summed E-state index contributed by atoms with van der Waals surface area (Å²) in [7, 11) is 0. The average molecular weight is 273 g/mol. The Morgan fingerprint density at radius 3 is 2.21 bits per heavy atom. The summed E-state index contributed by atoms with van der Waals surface area (Å²) in [5.74, 6) is 0. The van der Waals surface area contributed by atoms with E-state index in [1.807, 2.05) is 0 Å². The molecule has 0 spiro atoms. The number of unbranched alkanes of at least 4 members (excludes halogenated alkanes) is 3. The van der Waals surface area contributed by atoms with Crippen LogP contribution in [0.2, 0.25) is 0 Å². The van der Waals surface area contributed by atoms with Crippen molar-refractivity contribution in [1.29, 1.82) is 0 Å². The predicted octanol–water partition coefficient (Wildman–Crippen LogP) is 5.48. The Morgan fingerprint density at radius 2 is 1.68 bits per heavy atom. The molecule has 1 atom stereocenters. The van der Waals surface area contributed by atoms with Crippen LogP contribution in [0.25, 0.3) is 0 Å². The topological polar surface area (TPSA) is 12.0 Å². The van der Waals surface area contributed by atoms with E-state index in [-0.39, 0.29) is 6.04 Å². The SMILES string of the molecule is CCCCCCC(C)Nc1ccc(C(F)(F)F)cc1. The molecule has 4 heteroatoms. The van der Waals surface area contributed by atoms with Crippen LogP contribution in [0.1, 0.15) is 51.5 Å². The maximum atomic E-state index is 12.4. The molecular formula is C15H22F3N. The predicted molar refractivity (Wildman–Crippen MR) is 73.3 cm³/mol. The van der Waals surface area contributed by atoms with E-state index >= 15 is 0 Å². The first kappa shape index (κ1) is 15.9. The lowest BCUT2D eigenvalue weighted by molar-refractivity contribution is -0.137. The lowest BCUT2D eigenvalue weighted by Gasteiger charge is -2.16. The van der Waals surface area contributed by atoms with E-state index in [0.29, 0.717) is 0 Å². The normalized spacial score (nSPS) is 13.3. The zero-order chi connectivity index (χ0) is 14.3. The molecule has 1 aromatic rings. The summed E-state index contributed by atoms with van der Waals surface area (Å²) in [5.41, 5.74) is 0.143. The molecule has 0 fully saturated rings. The van der Waals surface area contributed by atoms with Crippen molar-refractivity contribution in [3.05, 3.63) is 29.8 Å². The molecule has 1 nitrogen and oxygen atoms in total. The second-order valence-electron chi connectivity index (χ2n) is 4.97. The highest BCUT2D eigenvalue weighted by atomic mass is 19.4. The molecule has 1 aromatic carbocycles. The van der Waals surface area contributed by atoms with Gasteiger partial charge in [0.05, 0.1) is 5.56 Å². The summed E-state index contributed by atoms with van der Waals surface area (Å²) >= 11 is 0. The van der Waals surface area contributed by atoms with E-state index in [2.05, 4.69) is 19.2 Å². The van der Waals surface area contributed by atoms with Crippen LogP contribution in [-0.2, 0) is 6.18 Å². The van der Waals surface area contributed by atoms with Gasteiger partial charge >= 0.3 is 6.18 Å². The molecule has 1 unspecified atom stereocenters. The van der Waals surface area contributed by atoms with Gasteiger partial charge in [0.2, 0.25) is 0 Å². The number of hydrogen-bond donors (Lipinski definition) is 1. The van der Waals surface area contributed by atoms with Crippen molar-refractivity contribution in [3.63, 3.8) is 0 Å². The Morgan fingerprint density at radius 1 is 1.05 bits per heavy atom. The lowest BCUT2D eigenvalue weighted by Crippen LogP contribution is -2.15. The molecule has 0 bridgehead atoms. The van der Waals surface area contributed by atoms with Crippen molar-refractivity contribution >= 4 is 5.69 Å². The van der Waals surface area contributed by atoms with Crippen LogP contribution >= 0.6 is 0 Å². The van der Waals surface area contributed by atoms with Crippen LogP contribution in [0, 0.1) is 0 Å². The first-order valence-electron chi connectivity index (χ1n) is 6.87. The highest BCUT2D eigenvalue weighted by Crippen LogP contribution is 2.29. The van der Waals surface area contributed by atoms with E-state index in [9.17, 15) is 13.2 Å². The van der Waals surface area contributed by atoms with E-state index in [0.717, 1.165) is 30.7 Å². The van der Waals surface area contributed by atoms with Crippen LogP contribution in [-0.4, -0.2) is 6.04 Å². The summed E-state index contributed by atoms with van der Waals surface area (Å²) in [6, 6.07) is 5.50. The van der Waals surface area contributed by atoms with Crippen molar-refractivity contribution in [3.8, 4) is 0 Å². The van der Waals surface area contributed by atoms with E-state index in [4.69, 9.17) is 0 Å². The zero-order valence-corrected chi connectivity index (χ0v) is 11.6. The number of benzene rings is 1. The number of hydrogen-bond acceptors (Lipinski definition) is 1. The third-order valence-electron chi connectivity index (χ3n) is 3.12. The molecular weight excluding hydrogens is 251 g/mol. The molecule has 0 aliphatic rings. The number of rotatable bonds is 7. The third-order valence-corrected chi connectivity index (χ3v) is 3.12. The highest BCUT2D eigenvalue weighted by Gasteiger charge is 2.29. The van der Waals surface area contributed by atoms with Crippen LogP contribution < -0.4 is 5.32 Å². The van der Waals surface area contributed by atoms with E-state index in [1.165, 1.54) is 31.4 Å². The molecule has 0 aromatic heterocycles. The lowest BCUT2D eigenvalue weighted by atomic mass is 10.1. The van der Waals surface area contributed by atoms with Gasteiger partial charge in [-0.2, -0.15) is 13.2 Å². The number of nitrogens with one attached hydrogen (secondary N) is 1. The van der Waals surface area contributed by atoms with Crippen molar-refractivity contribution in [1.82, 2.24) is 0 Å². The fraction of sp³-hybridized carbons (Fsp3) is 0.600. The second kappa shape index (κ2) is 7.41. The molecule has 0 heterocycles. The quantitative estimate of drug-likeness (QED) is 0.649. The minimum atomic E-state index is -4.26. The van der Waals surface area contributed by atoms with Gasteiger partial charge in [0, 0.05) is 11.7 Å². The van der Waals surface area contributed by atoms with Crippen LogP contribution in [0.5, 0.6) is 0 Å². The maximum absolute atomic E-state index is 12.4. The Labute approximate surface area is 113 Å². The van der Waals surface area contributed by atoms with Crippen molar-refractivity contribution in [2.24, 2.45) is 0 Å². The van der Waals surface area contributed by atoms with Gasteiger partial charge in [-0.05, 0) is 37.6 Å². The minimum Gasteiger partial charge on any atom is -0.383 e. The smallest absolute Gasteiger partial charge is 0.383 e. The summed E-state index contributed by atoms with van der Waals surface area (Å²) in [6.45, 7) is 4.23. The molecule has 0 aliphatic carbocycles. The van der Waals surface area contributed by atoms with Crippen LogP contribution in [0.3, 0.4) is 0 Å². The molecule has 1 N–H and O–H groups in total. The second-order valence-corrected chi connectivity index (χ2v) is 4.97. The summed E-state index contributed by atoms with van der Waals surface area (Å²) < 4.78 is 37.2. The fourth-order valence-electron chi connectivity index (χ4n) is 1.99. The summed E-state index contributed by atoms with van der Waals surface area (Å²) in [6.07, 6.45) is 1.61. The van der Waals surface area contributed by atoms with Gasteiger partial charge in [0.1, 0.15) is 0 Å². The van der Waals surface area contributed by atoms with Gasteiger partial charge in [0.25, 0.3) is 0 Å². The van der Waals surface area contributed by atoms with E-state index < -0.39 is 11.7 Å². The minimum absolute atomic E-state index is 0.286. The molecule has 0 saturated carbocycles. The highest BCUT2D eigenvalue weighted by molar-refractivity contribution is 5.45. The monoisotopic (exact) mass is 273 g/mol. The van der Waals surface area contributed by atoms with Gasteiger partial charge in [-0.3, -0.25) is 0 Å². The Hall–Kier alpha value is -1.19. The van der Waals surface area contributed by atoms with Gasteiger partial charge in [-0.15, -0.1) is 0 Å². The first-order chi connectivity index (χ1) is 8.93. The number of anilines is 1. The average Bonchev–Trinajstić information content (AvgIpc) is 2.34. The van der Waals surface area contributed by atoms with Crippen molar-refractivity contribution in [2.45, 2.75) is 58.2 Å². The Bertz CT molecular complexity index is 357. The fourth-order valence-corrected chi connectivity index (χ4v) is 1.99. The Kier molecular flexibility index (Phi) is 6.19. The van der Waals surface area contributed by atoms with Crippen LogP contribution in [0.15, 0.2) is 24.3 Å².